The highest BCUT2D eigenvalue weighted by Gasteiger charge is 2.16. The van der Waals surface area contributed by atoms with E-state index < -0.39 is 0 Å². The fraction of sp³-hybridized carbons (Fsp3) is 0.643. The number of nitrogens with zero attached hydrogens (tertiary/aromatic N) is 2. The minimum Gasteiger partial charge on any atom is -0.354 e. The smallest absolute Gasteiger partial charge is 0.235 e. The molecule has 2 N–H and O–H groups in total. The summed E-state index contributed by atoms with van der Waals surface area (Å²) in [5, 5.41) is 7.69. The Kier molecular flexibility index (Phi) is 7.31. The summed E-state index contributed by atoms with van der Waals surface area (Å²) in [6.45, 7) is 4.86. The number of nitrogens with one attached hydrogen (secondary N) is 2. The summed E-state index contributed by atoms with van der Waals surface area (Å²) in [6.07, 6.45) is 2.42. The van der Waals surface area contributed by atoms with Gasteiger partial charge in [-0.1, -0.05) is 13.8 Å². The normalized spacial score (nSPS) is 12.5. The van der Waals surface area contributed by atoms with Crippen molar-refractivity contribution in [3.8, 4) is 0 Å². The monoisotopic (exact) mass is 312 g/mol. The third kappa shape index (κ3) is 7.19. The summed E-state index contributed by atoms with van der Waals surface area (Å²) in [5.41, 5.74) is 0. The van der Waals surface area contributed by atoms with Gasteiger partial charge in [-0.05, 0) is 26.4 Å². The first kappa shape index (κ1) is 17.6. The molecular formula is C14H24N4O2S. The van der Waals surface area contributed by atoms with Gasteiger partial charge < -0.3 is 15.5 Å². The van der Waals surface area contributed by atoms with Crippen LogP contribution in [0.4, 0.5) is 5.13 Å². The second-order valence-corrected chi connectivity index (χ2v) is 6.51. The maximum Gasteiger partial charge on any atom is 0.235 e. The Labute approximate surface area is 129 Å². The molecule has 118 valence electrons. The molecular weight excluding hydrogens is 288 g/mol. The van der Waals surface area contributed by atoms with E-state index in [4.69, 9.17) is 0 Å². The third-order valence-corrected chi connectivity index (χ3v) is 3.70. The van der Waals surface area contributed by atoms with Crippen LogP contribution in [-0.4, -0.2) is 48.4 Å². The molecule has 0 spiro atoms. The van der Waals surface area contributed by atoms with Gasteiger partial charge in [0.25, 0.3) is 0 Å². The summed E-state index contributed by atoms with van der Waals surface area (Å²) >= 11 is 1.33. The molecule has 0 unspecified atom stereocenters. The molecule has 0 bridgehead atoms. The van der Waals surface area contributed by atoms with Gasteiger partial charge in [-0.2, -0.15) is 0 Å². The number of hydrogen-bond acceptors (Lipinski definition) is 5. The van der Waals surface area contributed by atoms with E-state index in [2.05, 4.69) is 34.4 Å². The molecule has 6 nitrogen and oxygen atoms in total. The Morgan fingerprint density at radius 1 is 1.33 bits per heavy atom. The predicted molar refractivity (Wildman–Crippen MR) is 85.3 cm³/mol. The van der Waals surface area contributed by atoms with Gasteiger partial charge in [-0.15, -0.1) is 11.3 Å². The van der Waals surface area contributed by atoms with Crippen LogP contribution in [0.25, 0.3) is 0 Å². The van der Waals surface area contributed by atoms with Crippen molar-refractivity contribution in [2.75, 3.05) is 26.0 Å². The maximum atomic E-state index is 11.8. The molecule has 0 fully saturated rings. The number of anilines is 1. The van der Waals surface area contributed by atoms with Crippen LogP contribution in [0, 0.1) is 5.92 Å². The molecule has 2 amide bonds. The van der Waals surface area contributed by atoms with Crippen LogP contribution in [0.1, 0.15) is 26.7 Å². The van der Waals surface area contributed by atoms with Gasteiger partial charge in [-0.25, -0.2) is 4.98 Å². The minimum atomic E-state index is -0.340. The molecule has 0 aromatic carbocycles. The number of rotatable bonds is 8. The molecule has 1 atom stereocenters. The van der Waals surface area contributed by atoms with Crippen molar-refractivity contribution in [1.82, 2.24) is 15.2 Å². The number of carbonyl (C=O) groups is 2. The minimum absolute atomic E-state index is 0.179. The Morgan fingerprint density at radius 2 is 2.05 bits per heavy atom. The zero-order valence-electron chi connectivity index (χ0n) is 13.0. The number of likely N-dealkylation sites (N-methyl/N-ethyl adjacent to an activating group) is 1. The van der Waals surface area contributed by atoms with Gasteiger partial charge in [-0.3, -0.25) is 9.59 Å². The van der Waals surface area contributed by atoms with Crippen molar-refractivity contribution < 1.29 is 9.59 Å². The van der Waals surface area contributed by atoms with Crippen molar-refractivity contribution >= 4 is 28.3 Å². The lowest BCUT2D eigenvalue weighted by molar-refractivity contribution is -0.126. The molecule has 0 saturated carbocycles. The Bertz CT molecular complexity index is 446. The van der Waals surface area contributed by atoms with E-state index in [1.807, 2.05) is 14.1 Å². The van der Waals surface area contributed by atoms with Crippen molar-refractivity contribution in [2.45, 2.75) is 32.7 Å². The highest BCUT2D eigenvalue weighted by atomic mass is 32.1. The topological polar surface area (TPSA) is 74.3 Å². The number of carbonyl (C=O) groups excluding carboxylic acids is 2. The van der Waals surface area contributed by atoms with Crippen molar-refractivity contribution in [2.24, 2.45) is 5.92 Å². The standard InChI is InChI=1S/C14H24N4O2S/c1-10(2)7-11(18(3)4)9-16-12(19)8-13(20)17-14-15-5-6-21-14/h5-6,10-11H,7-9H2,1-4H3,(H,16,19)(H,15,17,20)/t11-/m0/s1. The molecule has 0 saturated heterocycles. The molecule has 1 aromatic rings. The van der Waals surface area contributed by atoms with Gasteiger partial charge in [0.2, 0.25) is 11.8 Å². The Balaban J connectivity index is 2.33. The average molecular weight is 312 g/mol. The summed E-state index contributed by atoms with van der Waals surface area (Å²) in [7, 11) is 3.99. The Morgan fingerprint density at radius 3 is 2.57 bits per heavy atom. The number of thiazole rings is 1. The van der Waals surface area contributed by atoms with E-state index in [0.29, 0.717) is 17.6 Å². The quantitative estimate of drug-likeness (QED) is 0.715. The van der Waals surface area contributed by atoms with Crippen LogP contribution in [0.5, 0.6) is 0 Å². The van der Waals surface area contributed by atoms with Crippen molar-refractivity contribution in [1.29, 1.82) is 0 Å². The second kappa shape index (κ2) is 8.74. The molecule has 0 radical (unpaired) electrons. The third-order valence-electron chi connectivity index (χ3n) is 3.01. The van der Waals surface area contributed by atoms with Gasteiger partial charge in [0, 0.05) is 24.2 Å². The molecule has 21 heavy (non-hydrogen) atoms. The lowest BCUT2D eigenvalue weighted by atomic mass is 10.0. The van der Waals surface area contributed by atoms with Crippen molar-refractivity contribution in [3.63, 3.8) is 0 Å². The van der Waals surface area contributed by atoms with Crippen LogP contribution < -0.4 is 10.6 Å². The summed E-state index contributed by atoms with van der Waals surface area (Å²) in [6, 6.07) is 0.274. The lowest BCUT2D eigenvalue weighted by Gasteiger charge is -2.26. The zero-order chi connectivity index (χ0) is 15.8. The maximum absolute atomic E-state index is 11.8. The second-order valence-electron chi connectivity index (χ2n) is 5.61. The van der Waals surface area contributed by atoms with Gasteiger partial charge >= 0.3 is 0 Å². The fourth-order valence-corrected chi connectivity index (χ4v) is 2.45. The van der Waals surface area contributed by atoms with E-state index in [9.17, 15) is 9.59 Å². The molecule has 7 heteroatoms. The Hall–Kier alpha value is -1.47. The first-order valence-corrected chi connectivity index (χ1v) is 7.89. The van der Waals surface area contributed by atoms with Crippen LogP contribution in [0.2, 0.25) is 0 Å². The fourth-order valence-electron chi connectivity index (χ4n) is 1.91. The van der Waals surface area contributed by atoms with Crippen LogP contribution >= 0.6 is 11.3 Å². The first-order valence-electron chi connectivity index (χ1n) is 7.01. The molecule has 0 aliphatic heterocycles. The van der Waals surface area contributed by atoms with Crippen LogP contribution in [-0.2, 0) is 9.59 Å². The molecule has 1 rings (SSSR count). The SMILES string of the molecule is CC(C)C[C@@H](CNC(=O)CC(=O)Nc1nccs1)N(C)C. The van der Waals surface area contributed by atoms with E-state index in [0.717, 1.165) is 6.42 Å². The van der Waals surface area contributed by atoms with Gasteiger partial charge in [0.05, 0.1) is 0 Å². The largest absolute Gasteiger partial charge is 0.354 e. The molecule has 0 aliphatic carbocycles. The van der Waals surface area contributed by atoms with Crippen LogP contribution in [0.3, 0.4) is 0 Å². The first-order chi connectivity index (χ1) is 9.88. The van der Waals surface area contributed by atoms with E-state index >= 15 is 0 Å². The highest BCUT2D eigenvalue weighted by Crippen LogP contribution is 2.10. The number of hydrogen-bond donors (Lipinski definition) is 2. The summed E-state index contributed by atoms with van der Waals surface area (Å²) in [5.74, 6) is -0.0464. The predicted octanol–water partition coefficient (Wildman–Crippen LogP) is 1.56. The summed E-state index contributed by atoms with van der Waals surface area (Å²) < 4.78 is 0. The van der Waals surface area contributed by atoms with Crippen LogP contribution in [0.15, 0.2) is 11.6 Å². The van der Waals surface area contributed by atoms with Gasteiger partial charge in [0.1, 0.15) is 6.42 Å². The van der Waals surface area contributed by atoms with Crippen molar-refractivity contribution in [3.05, 3.63) is 11.6 Å². The summed E-state index contributed by atoms with van der Waals surface area (Å²) in [4.78, 5) is 29.5. The van der Waals surface area contributed by atoms with E-state index in [-0.39, 0.29) is 24.3 Å². The van der Waals surface area contributed by atoms with E-state index in [1.165, 1.54) is 11.3 Å². The molecule has 1 aromatic heterocycles. The average Bonchev–Trinajstić information content (AvgIpc) is 2.86. The zero-order valence-corrected chi connectivity index (χ0v) is 13.9. The number of aromatic nitrogens is 1. The van der Waals surface area contributed by atoms with E-state index in [1.54, 1.807) is 11.6 Å². The number of amides is 2. The molecule has 1 heterocycles. The van der Waals surface area contributed by atoms with Gasteiger partial charge in [0.15, 0.2) is 5.13 Å². The lowest BCUT2D eigenvalue weighted by Crippen LogP contribution is -2.41. The highest BCUT2D eigenvalue weighted by molar-refractivity contribution is 7.13. The molecule has 0 aliphatic rings.